The number of anilines is 1. The first-order valence-corrected chi connectivity index (χ1v) is 6.40. The molecule has 1 aromatic heterocycles. The van der Waals surface area contributed by atoms with E-state index in [9.17, 15) is 4.79 Å². The van der Waals surface area contributed by atoms with Crippen molar-refractivity contribution in [3.63, 3.8) is 0 Å². The topological polar surface area (TPSA) is 59.8 Å². The van der Waals surface area contributed by atoms with E-state index >= 15 is 0 Å². The van der Waals surface area contributed by atoms with Crippen LogP contribution in [0.15, 0.2) is 36.9 Å². The third-order valence-corrected chi connectivity index (χ3v) is 2.78. The van der Waals surface area contributed by atoms with Crippen LogP contribution in [0.25, 0.3) is 5.69 Å². The van der Waals surface area contributed by atoms with E-state index in [2.05, 4.69) is 29.2 Å². The van der Waals surface area contributed by atoms with Crippen molar-refractivity contribution >= 4 is 11.6 Å². The molecular formula is C14H18N4O. The molecule has 0 saturated carbocycles. The number of amides is 1. The summed E-state index contributed by atoms with van der Waals surface area (Å²) in [7, 11) is 0. The summed E-state index contributed by atoms with van der Waals surface area (Å²) in [4.78, 5) is 15.6. The molecule has 1 aromatic carbocycles. The van der Waals surface area contributed by atoms with Gasteiger partial charge >= 0.3 is 0 Å². The fourth-order valence-corrected chi connectivity index (χ4v) is 1.68. The van der Waals surface area contributed by atoms with Crippen LogP contribution in [0.3, 0.4) is 0 Å². The van der Waals surface area contributed by atoms with Crippen molar-refractivity contribution in [3.05, 3.63) is 36.9 Å². The van der Waals surface area contributed by atoms with Crippen LogP contribution in [0.4, 0.5) is 5.69 Å². The highest BCUT2D eigenvalue weighted by molar-refractivity contribution is 5.90. The van der Waals surface area contributed by atoms with Gasteiger partial charge in [-0.15, -0.1) is 0 Å². The average molecular weight is 258 g/mol. The molecule has 0 bridgehead atoms. The highest BCUT2D eigenvalue weighted by Crippen LogP contribution is 2.13. The van der Waals surface area contributed by atoms with Crippen LogP contribution in [-0.2, 0) is 4.79 Å². The zero-order valence-electron chi connectivity index (χ0n) is 11.2. The third-order valence-electron chi connectivity index (χ3n) is 2.78. The van der Waals surface area contributed by atoms with E-state index < -0.39 is 0 Å². The maximum atomic E-state index is 11.7. The predicted octanol–water partition coefficient (Wildman–Crippen LogP) is 2.64. The third kappa shape index (κ3) is 3.91. The van der Waals surface area contributed by atoms with Crippen molar-refractivity contribution in [1.82, 2.24) is 14.8 Å². The van der Waals surface area contributed by atoms with Crippen LogP contribution < -0.4 is 5.32 Å². The normalized spacial score (nSPS) is 10.7. The number of hydrogen-bond donors (Lipinski definition) is 1. The standard InChI is InChI=1S/C14H18N4O/c1-11(2)3-8-14(19)17-12-4-6-13(7-5-12)18-10-15-9-16-18/h4-7,9-11H,3,8H2,1-2H3,(H,17,19). The smallest absolute Gasteiger partial charge is 0.224 e. The van der Waals surface area contributed by atoms with Gasteiger partial charge in [-0.1, -0.05) is 13.8 Å². The van der Waals surface area contributed by atoms with E-state index in [1.54, 1.807) is 11.0 Å². The number of carbonyl (C=O) groups is 1. The average Bonchev–Trinajstić information content (AvgIpc) is 2.91. The van der Waals surface area contributed by atoms with Gasteiger partial charge in [0.2, 0.25) is 5.91 Å². The van der Waals surface area contributed by atoms with E-state index in [0.29, 0.717) is 12.3 Å². The van der Waals surface area contributed by atoms with Crippen LogP contribution >= 0.6 is 0 Å². The Bertz CT molecular complexity index is 517. The van der Waals surface area contributed by atoms with Gasteiger partial charge in [-0.05, 0) is 36.6 Å². The number of nitrogens with zero attached hydrogens (tertiary/aromatic N) is 3. The Kier molecular flexibility index (Phi) is 4.28. The summed E-state index contributed by atoms with van der Waals surface area (Å²) >= 11 is 0. The lowest BCUT2D eigenvalue weighted by Gasteiger charge is -2.07. The number of aromatic nitrogens is 3. The van der Waals surface area contributed by atoms with Crippen molar-refractivity contribution in [2.45, 2.75) is 26.7 Å². The fourth-order valence-electron chi connectivity index (χ4n) is 1.68. The van der Waals surface area contributed by atoms with Gasteiger partial charge in [-0.25, -0.2) is 9.67 Å². The quantitative estimate of drug-likeness (QED) is 0.896. The number of rotatable bonds is 5. The van der Waals surface area contributed by atoms with Crippen molar-refractivity contribution in [2.75, 3.05) is 5.32 Å². The van der Waals surface area contributed by atoms with E-state index in [4.69, 9.17) is 0 Å². The zero-order chi connectivity index (χ0) is 13.7. The number of benzene rings is 1. The van der Waals surface area contributed by atoms with Crippen LogP contribution in [-0.4, -0.2) is 20.7 Å². The first kappa shape index (κ1) is 13.3. The molecule has 0 atom stereocenters. The largest absolute Gasteiger partial charge is 0.326 e. The number of hydrogen-bond acceptors (Lipinski definition) is 3. The molecule has 1 heterocycles. The van der Waals surface area contributed by atoms with Crippen LogP contribution in [0.2, 0.25) is 0 Å². The molecule has 5 nitrogen and oxygen atoms in total. The molecule has 0 spiro atoms. The Hall–Kier alpha value is -2.17. The molecular weight excluding hydrogens is 240 g/mol. The van der Waals surface area contributed by atoms with E-state index in [1.807, 2.05) is 24.3 Å². The van der Waals surface area contributed by atoms with E-state index in [-0.39, 0.29) is 5.91 Å². The van der Waals surface area contributed by atoms with Crippen molar-refractivity contribution in [2.24, 2.45) is 5.92 Å². The first-order valence-electron chi connectivity index (χ1n) is 6.40. The second kappa shape index (κ2) is 6.13. The minimum absolute atomic E-state index is 0.0576. The first-order chi connectivity index (χ1) is 9.15. The minimum atomic E-state index is 0.0576. The van der Waals surface area contributed by atoms with Crippen LogP contribution in [0.5, 0.6) is 0 Å². The molecule has 1 amide bonds. The Balaban J connectivity index is 1.94. The highest BCUT2D eigenvalue weighted by Gasteiger charge is 2.04. The second-order valence-electron chi connectivity index (χ2n) is 4.87. The summed E-state index contributed by atoms with van der Waals surface area (Å²) in [6.07, 6.45) is 4.59. The van der Waals surface area contributed by atoms with Crippen molar-refractivity contribution in [3.8, 4) is 5.69 Å². The summed E-state index contributed by atoms with van der Waals surface area (Å²) in [5.74, 6) is 0.600. The summed E-state index contributed by atoms with van der Waals surface area (Å²) in [5.41, 5.74) is 1.72. The van der Waals surface area contributed by atoms with Crippen LogP contribution in [0, 0.1) is 5.92 Å². The van der Waals surface area contributed by atoms with Gasteiger partial charge in [-0.3, -0.25) is 4.79 Å². The molecule has 2 aromatic rings. The van der Waals surface area contributed by atoms with Gasteiger partial charge in [0.05, 0.1) is 5.69 Å². The van der Waals surface area contributed by atoms with Gasteiger partial charge in [0.1, 0.15) is 12.7 Å². The summed E-state index contributed by atoms with van der Waals surface area (Å²) in [6.45, 7) is 4.22. The molecule has 0 fully saturated rings. The van der Waals surface area contributed by atoms with Gasteiger partial charge in [0, 0.05) is 12.1 Å². The lowest BCUT2D eigenvalue weighted by Crippen LogP contribution is -2.12. The molecule has 5 heteroatoms. The van der Waals surface area contributed by atoms with Crippen molar-refractivity contribution in [1.29, 1.82) is 0 Å². The molecule has 0 aliphatic carbocycles. The van der Waals surface area contributed by atoms with Gasteiger partial charge in [0.25, 0.3) is 0 Å². The molecule has 2 rings (SSSR count). The number of nitrogens with one attached hydrogen (secondary N) is 1. The molecule has 1 N–H and O–H groups in total. The maximum Gasteiger partial charge on any atom is 0.224 e. The summed E-state index contributed by atoms with van der Waals surface area (Å²) in [5, 5.41) is 6.93. The van der Waals surface area contributed by atoms with Gasteiger partial charge in [-0.2, -0.15) is 5.10 Å². The molecule has 0 unspecified atom stereocenters. The van der Waals surface area contributed by atoms with Crippen molar-refractivity contribution < 1.29 is 4.79 Å². The lowest BCUT2D eigenvalue weighted by molar-refractivity contribution is -0.116. The Morgan fingerprint density at radius 2 is 2.05 bits per heavy atom. The fraction of sp³-hybridized carbons (Fsp3) is 0.357. The Labute approximate surface area is 112 Å². The van der Waals surface area contributed by atoms with Crippen LogP contribution in [0.1, 0.15) is 26.7 Å². The maximum absolute atomic E-state index is 11.7. The summed E-state index contributed by atoms with van der Waals surface area (Å²) < 4.78 is 1.67. The SMILES string of the molecule is CC(C)CCC(=O)Nc1ccc(-n2cncn2)cc1. The van der Waals surface area contributed by atoms with E-state index in [0.717, 1.165) is 17.8 Å². The molecule has 19 heavy (non-hydrogen) atoms. The number of carbonyl (C=O) groups excluding carboxylic acids is 1. The van der Waals surface area contributed by atoms with Gasteiger partial charge < -0.3 is 5.32 Å². The molecule has 0 saturated heterocycles. The second-order valence-corrected chi connectivity index (χ2v) is 4.87. The summed E-state index contributed by atoms with van der Waals surface area (Å²) in [6, 6.07) is 7.52. The predicted molar refractivity (Wildman–Crippen MR) is 74.1 cm³/mol. The lowest BCUT2D eigenvalue weighted by atomic mass is 10.1. The zero-order valence-corrected chi connectivity index (χ0v) is 11.2. The highest BCUT2D eigenvalue weighted by atomic mass is 16.1. The van der Waals surface area contributed by atoms with E-state index in [1.165, 1.54) is 6.33 Å². The molecule has 100 valence electrons. The minimum Gasteiger partial charge on any atom is -0.326 e. The Morgan fingerprint density at radius 3 is 2.63 bits per heavy atom. The molecule has 0 aliphatic heterocycles. The molecule has 0 radical (unpaired) electrons. The Morgan fingerprint density at radius 1 is 1.32 bits per heavy atom. The monoisotopic (exact) mass is 258 g/mol. The molecule has 0 aliphatic rings. The van der Waals surface area contributed by atoms with Gasteiger partial charge in [0.15, 0.2) is 0 Å².